The molecule has 0 radical (unpaired) electrons. The molecule has 2 rings (SSSR count). The lowest BCUT2D eigenvalue weighted by Gasteiger charge is -2.09. The van der Waals surface area contributed by atoms with Gasteiger partial charge in [-0.15, -0.1) is 0 Å². The summed E-state index contributed by atoms with van der Waals surface area (Å²) in [5.41, 5.74) is 1.01. The topological polar surface area (TPSA) is 21.3 Å². The maximum atomic E-state index is 13.5. The summed E-state index contributed by atoms with van der Waals surface area (Å²) in [5, 5.41) is 3.24. The van der Waals surface area contributed by atoms with E-state index in [0.717, 1.165) is 5.69 Å². The van der Waals surface area contributed by atoms with Crippen LogP contribution in [0.15, 0.2) is 48.5 Å². The SMILES string of the molecule is Fc1c(Cl)cccc1OCCNc1ccccc1. The van der Waals surface area contributed by atoms with Gasteiger partial charge in [-0.1, -0.05) is 35.9 Å². The van der Waals surface area contributed by atoms with Gasteiger partial charge < -0.3 is 10.1 Å². The average molecular weight is 266 g/mol. The van der Waals surface area contributed by atoms with Gasteiger partial charge in [0.05, 0.1) is 5.02 Å². The molecule has 0 saturated heterocycles. The van der Waals surface area contributed by atoms with E-state index in [-0.39, 0.29) is 10.8 Å². The number of nitrogens with one attached hydrogen (secondary N) is 1. The number of para-hydroxylation sites is 1. The molecule has 0 heterocycles. The Balaban J connectivity index is 1.81. The number of hydrogen-bond acceptors (Lipinski definition) is 2. The molecule has 18 heavy (non-hydrogen) atoms. The van der Waals surface area contributed by atoms with Crippen LogP contribution >= 0.6 is 11.6 Å². The van der Waals surface area contributed by atoms with Gasteiger partial charge in [0, 0.05) is 12.2 Å². The summed E-state index contributed by atoms with van der Waals surface area (Å²) in [7, 11) is 0. The number of anilines is 1. The third kappa shape index (κ3) is 3.37. The Labute approximate surface area is 110 Å². The van der Waals surface area contributed by atoms with E-state index in [1.807, 2.05) is 30.3 Å². The highest BCUT2D eigenvalue weighted by atomic mass is 35.5. The van der Waals surface area contributed by atoms with Crippen molar-refractivity contribution in [1.29, 1.82) is 0 Å². The molecular formula is C14H13ClFNO. The molecule has 0 bridgehead atoms. The zero-order chi connectivity index (χ0) is 12.8. The molecule has 0 atom stereocenters. The van der Waals surface area contributed by atoms with Crippen molar-refractivity contribution in [2.45, 2.75) is 0 Å². The van der Waals surface area contributed by atoms with Crippen molar-refractivity contribution in [2.75, 3.05) is 18.5 Å². The van der Waals surface area contributed by atoms with Crippen LogP contribution in [0.25, 0.3) is 0 Å². The molecule has 0 spiro atoms. The van der Waals surface area contributed by atoms with E-state index in [0.29, 0.717) is 13.2 Å². The molecule has 0 aliphatic heterocycles. The maximum Gasteiger partial charge on any atom is 0.183 e. The first-order chi connectivity index (χ1) is 8.77. The number of halogens is 2. The van der Waals surface area contributed by atoms with Crippen molar-refractivity contribution < 1.29 is 9.13 Å². The monoisotopic (exact) mass is 265 g/mol. The molecule has 0 amide bonds. The second-order valence-electron chi connectivity index (χ2n) is 3.69. The fraction of sp³-hybridized carbons (Fsp3) is 0.143. The summed E-state index contributed by atoms with van der Waals surface area (Å²) in [6.07, 6.45) is 0. The van der Waals surface area contributed by atoms with Gasteiger partial charge in [0.1, 0.15) is 6.61 Å². The molecule has 0 saturated carbocycles. The molecule has 0 fully saturated rings. The molecule has 2 aromatic carbocycles. The van der Waals surface area contributed by atoms with Crippen molar-refractivity contribution in [3.63, 3.8) is 0 Å². The van der Waals surface area contributed by atoms with Crippen molar-refractivity contribution in [2.24, 2.45) is 0 Å². The molecule has 1 N–H and O–H groups in total. The lowest BCUT2D eigenvalue weighted by atomic mass is 10.3. The Morgan fingerprint density at radius 1 is 1.06 bits per heavy atom. The molecular weight excluding hydrogens is 253 g/mol. The van der Waals surface area contributed by atoms with Gasteiger partial charge >= 0.3 is 0 Å². The molecule has 94 valence electrons. The summed E-state index contributed by atoms with van der Waals surface area (Å²) in [4.78, 5) is 0. The molecule has 0 aliphatic rings. The number of ether oxygens (including phenoxy) is 1. The standard InChI is InChI=1S/C14H13ClFNO/c15-12-7-4-8-13(14(12)16)18-10-9-17-11-5-2-1-3-6-11/h1-8,17H,9-10H2. The van der Waals surface area contributed by atoms with Crippen LogP contribution < -0.4 is 10.1 Å². The van der Waals surface area contributed by atoms with Crippen molar-refractivity contribution >= 4 is 17.3 Å². The van der Waals surface area contributed by atoms with E-state index >= 15 is 0 Å². The summed E-state index contributed by atoms with van der Waals surface area (Å²) in [6.45, 7) is 0.960. The second kappa shape index (κ2) is 6.26. The van der Waals surface area contributed by atoms with Gasteiger partial charge in [-0.25, -0.2) is 4.39 Å². The van der Waals surface area contributed by atoms with E-state index < -0.39 is 5.82 Å². The quantitative estimate of drug-likeness (QED) is 0.826. The van der Waals surface area contributed by atoms with E-state index in [1.165, 1.54) is 6.07 Å². The molecule has 2 aromatic rings. The van der Waals surface area contributed by atoms with E-state index in [9.17, 15) is 4.39 Å². The molecule has 0 aliphatic carbocycles. The van der Waals surface area contributed by atoms with E-state index in [1.54, 1.807) is 12.1 Å². The minimum absolute atomic E-state index is 0.0727. The van der Waals surface area contributed by atoms with Gasteiger partial charge in [0.2, 0.25) is 0 Å². The summed E-state index contributed by atoms with van der Waals surface area (Å²) >= 11 is 5.65. The van der Waals surface area contributed by atoms with Gasteiger partial charge in [-0.3, -0.25) is 0 Å². The minimum atomic E-state index is -0.515. The number of benzene rings is 2. The highest BCUT2D eigenvalue weighted by Gasteiger charge is 2.06. The highest BCUT2D eigenvalue weighted by Crippen LogP contribution is 2.23. The number of hydrogen-bond donors (Lipinski definition) is 1. The molecule has 0 unspecified atom stereocenters. The Hall–Kier alpha value is -1.74. The fourth-order valence-corrected chi connectivity index (χ4v) is 1.67. The molecule has 0 aromatic heterocycles. The maximum absolute atomic E-state index is 13.5. The van der Waals surface area contributed by atoms with E-state index in [2.05, 4.69) is 5.32 Å². The van der Waals surface area contributed by atoms with Crippen molar-refractivity contribution in [3.8, 4) is 5.75 Å². The van der Waals surface area contributed by atoms with Crippen LogP contribution in [0, 0.1) is 5.82 Å². The normalized spacial score (nSPS) is 10.1. The van der Waals surface area contributed by atoms with Crippen LogP contribution in [-0.4, -0.2) is 13.2 Å². The predicted molar refractivity (Wildman–Crippen MR) is 71.8 cm³/mol. The smallest absolute Gasteiger partial charge is 0.183 e. The Kier molecular flexibility index (Phi) is 4.42. The average Bonchev–Trinajstić information content (AvgIpc) is 2.40. The van der Waals surface area contributed by atoms with Crippen LogP contribution in [0.2, 0.25) is 5.02 Å². The minimum Gasteiger partial charge on any atom is -0.489 e. The van der Waals surface area contributed by atoms with Crippen LogP contribution in [-0.2, 0) is 0 Å². The van der Waals surface area contributed by atoms with Crippen molar-refractivity contribution in [1.82, 2.24) is 0 Å². The number of rotatable bonds is 5. The summed E-state index contributed by atoms with van der Waals surface area (Å²) < 4.78 is 18.8. The first-order valence-electron chi connectivity index (χ1n) is 5.63. The fourth-order valence-electron chi connectivity index (χ4n) is 1.51. The zero-order valence-electron chi connectivity index (χ0n) is 9.70. The van der Waals surface area contributed by atoms with Crippen LogP contribution in [0.3, 0.4) is 0 Å². The largest absolute Gasteiger partial charge is 0.489 e. The third-order valence-corrected chi connectivity index (χ3v) is 2.67. The lowest BCUT2D eigenvalue weighted by molar-refractivity contribution is 0.315. The first-order valence-corrected chi connectivity index (χ1v) is 6.01. The van der Waals surface area contributed by atoms with Crippen molar-refractivity contribution in [3.05, 3.63) is 59.4 Å². The van der Waals surface area contributed by atoms with E-state index in [4.69, 9.17) is 16.3 Å². The zero-order valence-corrected chi connectivity index (χ0v) is 10.5. The van der Waals surface area contributed by atoms with Gasteiger partial charge in [0.25, 0.3) is 0 Å². The lowest BCUT2D eigenvalue weighted by Crippen LogP contribution is -2.11. The summed E-state index contributed by atoms with van der Waals surface area (Å²) in [5.74, 6) is -0.337. The van der Waals surface area contributed by atoms with Gasteiger partial charge in [-0.05, 0) is 24.3 Å². The summed E-state index contributed by atoms with van der Waals surface area (Å²) in [6, 6.07) is 14.5. The first kappa shape index (κ1) is 12.7. The van der Waals surface area contributed by atoms with Crippen LogP contribution in [0.4, 0.5) is 10.1 Å². The molecule has 2 nitrogen and oxygen atoms in total. The van der Waals surface area contributed by atoms with Crippen LogP contribution in [0.5, 0.6) is 5.75 Å². The van der Waals surface area contributed by atoms with Crippen LogP contribution in [0.1, 0.15) is 0 Å². The van der Waals surface area contributed by atoms with Gasteiger partial charge in [0.15, 0.2) is 11.6 Å². The molecule has 4 heteroatoms. The Bertz CT molecular complexity index is 504. The Morgan fingerprint density at radius 3 is 2.61 bits per heavy atom. The Morgan fingerprint density at radius 2 is 1.83 bits per heavy atom. The van der Waals surface area contributed by atoms with Gasteiger partial charge in [-0.2, -0.15) is 0 Å². The highest BCUT2D eigenvalue weighted by molar-refractivity contribution is 6.30. The second-order valence-corrected chi connectivity index (χ2v) is 4.10. The predicted octanol–water partition coefficient (Wildman–Crippen LogP) is 3.97. The third-order valence-electron chi connectivity index (χ3n) is 2.38.